The van der Waals surface area contributed by atoms with E-state index < -0.39 is 0 Å². The van der Waals surface area contributed by atoms with Gasteiger partial charge in [-0.15, -0.1) is 0 Å². The first kappa shape index (κ1) is 21.9. The minimum atomic E-state index is -0.0253. The molecular formula is C19H41NO2. The average molecular weight is 316 g/mol. The second kappa shape index (κ2) is 17.2. The van der Waals surface area contributed by atoms with E-state index in [2.05, 4.69) is 11.8 Å². The lowest BCUT2D eigenvalue weighted by Gasteiger charge is -2.19. The number of hydrogen-bond acceptors (Lipinski definition) is 3. The van der Waals surface area contributed by atoms with Crippen molar-refractivity contribution in [1.82, 2.24) is 4.90 Å². The molecule has 0 heterocycles. The molecule has 22 heavy (non-hydrogen) atoms. The lowest BCUT2D eigenvalue weighted by atomic mass is 10.1. The van der Waals surface area contributed by atoms with E-state index in [-0.39, 0.29) is 12.7 Å². The summed E-state index contributed by atoms with van der Waals surface area (Å²) in [7, 11) is 4.02. The van der Waals surface area contributed by atoms with Crippen molar-refractivity contribution < 1.29 is 9.84 Å². The van der Waals surface area contributed by atoms with Crippen molar-refractivity contribution in [3.05, 3.63) is 0 Å². The summed E-state index contributed by atoms with van der Waals surface area (Å²) in [5, 5.41) is 9.21. The first-order valence-corrected chi connectivity index (χ1v) is 9.57. The Morgan fingerprint density at radius 2 is 1.23 bits per heavy atom. The molecule has 134 valence electrons. The number of ether oxygens (including phenoxy) is 1. The monoisotopic (exact) mass is 315 g/mol. The number of hydrogen-bond donors (Lipinski definition) is 1. The third kappa shape index (κ3) is 16.3. The van der Waals surface area contributed by atoms with Gasteiger partial charge in [0.2, 0.25) is 0 Å². The van der Waals surface area contributed by atoms with Crippen LogP contribution in [0.4, 0.5) is 0 Å². The number of aliphatic hydroxyl groups is 1. The molecule has 0 aliphatic heterocycles. The molecule has 0 rings (SSSR count). The molecular weight excluding hydrogens is 274 g/mol. The van der Waals surface area contributed by atoms with Crippen molar-refractivity contribution in [2.75, 3.05) is 33.9 Å². The van der Waals surface area contributed by atoms with Crippen LogP contribution in [0.15, 0.2) is 0 Å². The second-order valence-electron chi connectivity index (χ2n) is 6.83. The maximum Gasteiger partial charge on any atom is 0.0931 e. The van der Waals surface area contributed by atoms with Gasteiger partial charge in [0.1, 0.15) is 0 Å². The van der Waals surface area contributed by atoms with Crippen LogP contribution in [-0.2, 0) is 4.74 Å². The summed E-state index contributed by atoms with van der Waals surface area (Å²) < 4.78 is 5.70. The van der Waals surface area contributed by atoms with Crippen LogP contribution in [0, 0.1) is 0 Å². The maximum absolute atomic E-state index is 9.21. The molecule has 0 aromatic carbocycles. The van der Waals surface area contributed by atoms with Gasteiger partial charge in [0.25, 0.3) is 0 Å². The van der Waals surface area contributed by atoms with Gasteiger partial charge in [0.05, 0.1) is 12.7 Å². The quantitative estimate of drug-likeness (QED) is 0.397. The van der Waals surface area contributed by atoms with E-state index in [4.69, 9.17) is 4.74 Å². The van der Waals surface area contributed by atoms with Gasteiger partial charge in [-0.1, -0.05) is 77.6 Å². The zero-order valence-electron chi connectivity index (χ0n) is 15.5. The van der Waals surface area contributed by atoms with E-state index in [1.807, 2.05) is 14.1 Å². The van der Waals surface area contributed by atoms with Crippen LogP contribution < -0.4 is 0 Å². The molecule has 1 N–H and O–H groups in total. The normalized spacial score (nSPS) is 13.0. The Kier molecular flexibility index (Phi) is 17.1. The van der Waals surface area contributed by atoms with Crippen LogP contribution >= 0.6 is 0 Å². The molecule has 0 radical (unpaired) electrons. The number of nitrogens with zero attached hydrogens (tertiary/aromatic N) is 1. The van der Waals surface area contributed by atoms with Gasteiger partial charge in [-0.05, 0) is 20.5 Å². The Hall–Kier alpha value is -0.120. The van der Waals surface area contributed by atoms with Crippen molar-refractivity contribution in [3.8, 4) is 0 Å². The van der Waals surface area contributed by atoms with E-state index >= 15 is 0 Å². The zero-order valence-corrected chi connectivity index (χ0v) is 15.5. The van der Waals surface area contributed by atoms with Gasteiger partial charge < -0.3 is 14.7 Å². The highest BCUT2D eigenvalue weighted by Gasteiger charge is 2.08. The molecule has 0 amide bonds. The van der Waals surface area contributed by atoms with E-state index in [1.54, 1.807) is 0 Å². The molecule has 0 aliphatic rings. The predicted octanol–water partition coefficient (Wildman–Crippen LogP) is 4.63. The third-order valence-corrected chi connectivity index (χ3v) is 4.12. The molecule has 0 aromatic heterocycles. The fourth-order valence-electron chi connectivity index (χ4n) is 2.76. The highest BCUT2D eigenvalue weighted by Crippen LogP contribution is 2.12. The van der Waals surface area contributed by atoms with Gasteiger partial charge in [-0.25, -0.2) is 0 Å². The number of likely N-dealkylation sites (N-methyl/N-ethyl adjacent to an activating group) is 1. The van der Waals surface area contributed by atoms with Crippen LogP contribution in [0.1, 0.15) is 84.0 Å². The molecule has 3 nitrogen and oxygen atoms in total. The fraction of sp³-hybridized carbons (Fsp3) is 1.00. The molecule has 0 saturated heterocycles. The smallest absolute Gasteiger partial charge is 0.0931 e. The number of aliphatic hydroxyl groups excluding tert-OH is 1. The molecule has 0 spiro atoms. The SMILES string of the molecule is CCCCCCCCCCCCCCOC(CO)CN(C)C. The van der Waals surface area contributed by atoms with Crippen LogP contribution in [0.5, 0.6) is 0 Å². The molecule has 0 fully saturated rings. The molecule has 0 bridgehead atoms. The Balaban J connectivity index is 3.16. The summed E-state index contributed by atoms with van der Waals surface area (Å²) in [5.74, 6) is 0. The second-order valence-corrected chi connectivity index (χ2v) is 6.83. The average Bonchev–Trinajstić information content (AvgIpc) is 2.50. The highest BCUT2D eigenvalue weighted by molar-refractivity contribution is 4.59. The van der Waals surface area contributed by atoms with E-state index in [1.165, 1.54) is 70.6 Å². The summed E-state index contributed by atoms with van der Waals surface area (Å²) in [6.45, 7) is 3.99. The first-order chi connectivity index (χ1) is 10.7. The Morgan fingerprint density at radius 3 is 1.64 bits per heavy atom. The summed E-state index contributed by atoms with van der Waals surface area (Å²) in [6.07, 6.45) is 16.4. The van der Waals surface area contributed by atoms with Gasteiger partial charge in [0, 0.05) is 13.2 Å². The number of unbranched alkanes of at least 4 members (excludes halogenated alkanes) is 11. The van der Waals surface area contributed by atoms with E-state index in [9.17, 15) is 5.11 Å². The van der Waals surface area contributed by atoms with Crippen LogP contribution in [0.25, 0.3) is 0 Å². The topological polar surface area (TPSA) is 32.7 Å². The van der Waals surface area contributed by atoms with Crippen molar-refractivity contribution in [2.24, 2.45) is 0 Å². The Labute approximate surface area is 139 Å². The first-order valence-electron chi connectivity index (χ1n) is 9.57. The predicted molar refractivity (Wildman–Crippen MR) is 96.5 cm³/mol. The minimum Gasteiger partial charge on any atom is -0.394 e. The van der Waals surface area contributed by atoms with Crippen LogP contribution in [0.3, 0.4) is 0 Å². The summed E-state index contributed by atoms with van der Waals surface area (Å²) >= 11 is 0. The summed E-state index contributed by atoms with van der Waals surface area (Å²) in [6, 6.07) is 0. The number of rotatable bonds is 17. The maximum atomic E-state index is 9.21. The minimum absolute atomic E-state index is 0.0253. The molecule has 3 heteroatoms. The van der Waals surface area contributed by atoms with Gasteiger partial charge in [0.15, 0.2) is 0 Å². The Morgan fingerprint density at radius 1 is 0.773 bits per heavy atom. The molecule has 0 aromatic rings. The fourth-order valence-corrected chi connectivity index (χ4v) is 2.76. The summed E-state index contributed by atoms with van der Waals surface area (Å²) in [5.41, 5.74) is 0. The largest absolute Gasteiger partial charge is 0.394 e. The molecule has 0 aliphatic carbocycles. The highest BCUT2D eigenvalue weighted by atomic mass is 16.5. The molecule has 0 saturated carbocycles. The summed E-state index contributed by atoms with van der Waals surface area (Å²) in [4.78, 5) is 2.06. The molecule has 1 atom stereocenters. The Bertz CT molecular complexity index is 210. The van der Waals surface area contributed by atoms with Crippen molar-refractivity contribution >= 4 is 0 Å². The van der Waals surface area contributed by atoms with Crippen LogP contribution in [-0.4, -0.2) is 50.0 Å². The third-order valence-electron chi connectivity index (χ3n) is 4.12. The van der Waals surface area contributed by atoms with E-state index in [0.717, 1.165) is 19.6 Å². The van der Waals surface area contributed by atoms with Gasteiger partial charge in [-0.2, -0.15) is 0 Å². The van der Waals surface area contributed by atoms with Gasteiger partial charge in [-0.3, -0.25) is 0 Å². The standard InChI is InChI=1S/C19H41NO2/c1-4-5-6-7-8-9-10-11-12-13-14-15-16-22-19(18-21)17-20(2)3/h19,21H,4-18H2,1-3H3. The zero-order chi connectivity index (χ0) is 16.5. The van der Waals surface area contributed by atoms with Gasteiger partial charge >= 0.3 is 0 Å². The van der Waals surface area contributed by atoms with Crippen molar-refractivity contribution in [1.29, 1.82) is 0 Å². The van der Waals surface area contributed by atoms with Crippen molar-refractivity contribution in [3.63, 3.8) is 0 Å². The van der Waals surface area contributed by atoms with E-state index in [0.29, 0.717) is 0 Å². The molecule has 1 unspecified atom stereocenters. The lowest BCUT2D eigenvalue weighted by molar-refractivity contribution is -0.00224. The lowest BCUT2D eigenvalue weighted by Crippen LogP contribution is -2.31. The van der Waals surface area contributed by atoms with Crippen LogP contribution in [0.2, 0.25) is 0 Å². The van der Waals surface area contributed by atoms with Crippen molar-refractivity contribution in [2.45, 2.75) is 90.1 Å².